The van der Waals surface area contributed by atoms with Crippen molar-refractivity contribution in [3.05, 3.63) is 199 Å². The molecule has 3 heteroatoms. The van der Waals surface area contributed by atoms with Crippen LogP contribution in [0.5, 0.6) is 0 Å². The first-order valence-corrected chi connectivity index (χ1v) is 20.0. The molecule has 0 atom stereocenters. The third-order valence-electron chi connectivity index (χ3n) is 12.5. The van der Waals surface area contributed by atoms with Crippen LogP contribution < -0.4 is 4.90 Å². The maximum Gasteiger partial charge on any atom is 0.145 e. The van der Waals surface area contributed by atoms with Crippen molar-refractivity contribution in [2.24, 2.45) is 0 Å². The molecule has 274 valence electrons. The second-order valence-electron chi connectivity index (χ2n) is 16.0. The van der Waals surface area contributed by atoms with E-state index in [1.807, 2.05) is 12.1 Å². The Hall–Kier alpha value is -7.36. The van der Waals surface area contributed by atoms with E-state index in [0.29, 0.717) is 0 Å². The maximum absolute atomic E-state index is 6.93. The fourth-order valence-electron chi connectivity index (χ4n) is 9.71. The van der Waals surface area contributed by atoms with Gasteiger partial charge in [0.25, 0.3) is 0 Å². The summed E-state index contributed by atoms with van der Waals surface area (Å²) in [5, 5.41) is 6.85. The molecular weight excluding hydrogens is 707 g/mol. The molecule has 0 fully saturated rings. The zero-order valence-corrected chi connectivity index (χ0v) is 32.2. The van der Waals surface area contributed by atoms with Crippen molar-refractivity contribution in [2.75, 3.05) is 4.90 Å². The van der Waals surface area contributed by atoms with Crippen molar-refractivity contribution in [3.8, 4) is 33.4 Å². The summed E-state index contributed by atoms with van der Waals surface area (Å²) in [7, 11) is 0. The molecule has 58 heavy (non-hydrogen) atoms. The maximum atomic E-state index is 6.93. The molecule has 9 aromatic carbocycles. The van der Waals surface area contributed by atoms with Crippen LogP contribution in [0.2, 0.25) is 0 Å². The van der Waals surface area contributed by atoms with Crippen LogP contribution in [0.1, 0.15) is 25.0 Å². The fraction of sp³-hybridized carbons (Fsp3) is 0.0545. The molecule has 0 spiro atoms. The molecule has 0 saturated heterocycles. The highest BCUT2D eigenvalue weighted by Crippen LogP contribution is 2.55. The lowest BCUT2D eigenvalue weighted by Crippen LogP contribution is -2.16. The molecule has 0 bridgehead atoms. The summed E-state index contributed by atoms with van der Waals surface area (Å²) in [6.07, 6.45) is 0. The van der Waals surface area contributed by atoms with E-state index in [1.165, 1.54) is 33.0 Å². The van der Waals surface area contributed by atoms with Gasteiger partial charge in [-0.1, -0.05) is 147 Å². The van der Waals surface area contributed by atoms with Crippen molar-refractivity contribution < 1.29 is 8.83 Å². The molecule has 0 aliphatic heterocycles. The quantitative estimate of drug-likeness (QED) is 0.176. The Kier molecular flexibility index (Phi) is 6.98. The number of anilines is 3. The Balaban J connectivity index is 1.11. The molecule has 2 aromatic heterocycles. The summed E-state index contributed by atoms with van der Waals surface area (Å²) in [4.78, 5) is 2.46. The van der Waals surface area contributed by atoms with Crippen molar-refractivity contribution >= 4 is 71.7 Å². The van der Waals surface area contributed by atoms with Gasteiger partial charge in [0.05, 0.1) is 16.8 Å². The lowest BCUT2D eigenvalue weighted by molar-refractivity contribution is 0.660. The molecule has 2 heterocycles. The van der Waals surface area contributed by atoms with Gasteiger partial charge in [-0.25, -0.2) is 0 Å². The number of nitrogens with zero attached hydrogens (tertiary/aromatic N) is 1. The Bertz CT molecular complexity index is 3430. The molecule has 11 aromatic rings. The van der Waals surface area contributed by atoms with Crippen LogP contribution in [0.3, 0.4) is 0 Å². The van der Waals surface area contributed by atoms with E-state index in [1.54, 1.807) is 0 Å². The highest BCUT2D eigenvalue weighted by atomic mass is 16.3. The monoisotopic (exact) mass is 743 g/mol. The number of fused-ring (bicyclic) bond motifs is 10. The molecule has 1 aliphatic rings. The van der Waals surface area contributed by atoms with Crippen LogP contribution in [0, 0.1) is 0 Å². The highest BCUT2D eigenvalue weighted by Gasteiger charge is 2.38. The van der Waals surface area contributed by atoms with Crippen LogP contribution in [0.25, 0.3) is 88.0 Å². The average Bonchev–Trinajstić information content (AvgIpc) is 3.92. The fourth-order valence-corrected chi connectivity index (χ4v) is 9.71. The standard InChI is InChI=1S/C55H37NO2/c1-55(2)45-20-8-5-17-43(45)52-46(55)21-12-22-47(52)56(37-28-25-34(26-29-37)36-27-30-41-40-16-6-9-23-49(40)57-51(41)33-36)48-32-31-42(39-19-11-14-35-13-3-4-15-38(35)39)54-53(48)44-18-7-10-24-50(44)58-54/h3-33H,1-2H3. The van der Waals surface area contributed by atoms with Crippen LogP contribution in [0.15, 0.2) is 197 Å². The minimum absolute atomic E-state index is 0.150. The molecule has 0 unspecified atom stereocenters. The Morgan fingerprint density at radius 1 is 0.414 bits per heavy atom. The van der Waals surface area contributed by atoms with E-state index in [-0.39, 0.29) is 5.41 Å². The summed E-state index contributed by atoms with van der Waals surface area (Å²) in [6.45, 7) is 4.69. The Morgan fingerprint density at radius 2 is 1.05 bits per heavy atom. The summed E-state index contributed by atoms with van der Waals surface area (Å²) in [5.41, 5.74) is 16.4. The third-order valence-corrected chi connectivity index (χ3v) is 12.5. The van der Waals surface area contributed by atoms with E-state index in [0.717, 1.165) is 83.2 Å². The number of para-hydroxylation sites is 2. The lowest BCUT2D eigenvalue weighted by Gasteiger charge is -2.30. The van der Waals surface area contributed by atoms with Crippen molar-refractivity contribution in [3.63, 3.8) is 0 Å². The number of benzene rings is 9. The normalized spacial score (nSPS) is 13.1. The lowest BCUT2D eigenvalue weighted by atomic mass is 9.82. The number of rotatable bonds is 5. The zero-order valence-electron chi connectivity index (χ0n) is 32.2. The largest absolute Gasteiger partial charge is 0.456 e. The first-order chi connectivity index (χ1) is 28.5. The number of hydrogen-bond donors (Lipinski definition) is 0. The van der Waals surface area contributed by atoms with E-state index in [9.17, 15) is 0 Å². The van der Waals surface area contributed by atoms with Gasteiger partial charge >= 0.3 is 0 Å². The van der Waals surface area contributed by atoms with Gasteiger partial charge in [-0.2, -0.15) is 0 Å². The average molecular weight is 744 g/mol. The molecule has 0 radical (unpaired) electrons. The molecule has 3 nitrogen and oxygen atoms in total. The molecular formula is C55H37NO2. The topological polar surface area (TPSA) is 29.5 Å². The summed E-state index contributed by atoms with van der Waals surface area (Å²) < 4.78 is 13.2. The van der Waals surface area contributed by atoms with Gasteiger partial charge in [-0.05, 0) is 98.8 Å². The van der Waals surface area contributed by atoms with Gasteiger partial charge in [0.1, 0.15) is 22.3 Å². The van der Waals surface area contributed by atoms with E-state index in [4.69, 9.17) is 8.83 Å². The first kappa shape index (κ1) is 32.8. The van der Waals surface area contributed by atoms with Crippen molar-refractivity contribution in [1.82, 2.24) is 0 Å². The number of furan rings is 2. The second kappa shape index (κ2) is 12.3. The van der Waals surface area contributed by atoms with Gasteiger partial charge < -0.3 is 13.7 Å². The van der Waals surface area contributed by atoms with E-state index in [2.05, 4.69) is 195 Å². The smallest absolute Gasteiger partial charge is 0.145 e. The predicted molar refractivity (Wildman–Crippen MR) is 242 cm³/mol. The van der Waals surface area contributed by atoms with Crippen LogP contribution in [-0.2, 0) is 5.41 Å². The Labute approximate surface area is 336 Å². The highest BCUT2D eigenvalue weighted by molar-refractivity contribution is 6.19. The second-order valence-corrected chi connectivity index (χ2v) is 16.0. The molecule has 12 rings (SSSR count). The summed E-state index contributed by atoms with van der Waals surface area (Å²) in [5.74, 6) is 0. The van der Waals surface area contributed by atoms with Gasteiger partial charge in [0.2, 0.25) is 0 Å². The first-order valence-electron chi connectivity index (χ1n) is 20.0. The van der Waals surface area contributed by atoms with Crippen LogP contribution in [0.4, 0.5) is 17.1 Å². The van der Waals surface area contributed by atoms with Crippen LogP contribution in [-0.4, -0.2) is 0 Å². The minimum Gasteiger partial charge on any atom is -0.456 e. The van der Waals surface area contributed by atoms with Gasteiger partial charge in [0.15, 0.2) is 0 Å². The molecule has 0 amide bonds. The van der Waals surface area contributed by atoms with Crippen molar-refractivity contribution in [2.45, 2.75) is 19.3 Å². The van der Waals surface area contributed by atoms with Crippen molar-refractivity contribution in [1.29, 1.82) is 0 Å². The molecule has 0 N–H and O–H groups in total. The van der Waals surface area contributed by atoms with Crippen LogP contribution >= 0.6 is 0 Å². The summed E-state index contributed by atoms with van der Waals surface area (Å²) >= 11 is 0. The molecule has 0 saturated carbocycles. The van der Waals surface area contributed by atoms with Gasteiger partial charge in [-0.3, -0.25) is 0 Å². The van der Waals surface area contributed by atoms with Gasteiger partial charge in [-0.15, -0.1) is 0 Å². The molecule has 1 aliphatic carbocycles. The zero-order chi connectivity index (χ0) is 38.5. The SMILES string of the molecule is CC1(C)c2ccccc2-c2c(N(c3ccc(-c4ccc5c(c4)oc4ccccc45)cc3)c3ccc(-c4cccc5ccccc45)c4oc5ccccc5c34)cccc21. The van der Waals surface area contributed by atoms with E-state index < -0.39 is 0 Å². The number of hydrogen-bond acceptors (Lipinski definition) is 3. The third kappa shape index (κ3) is 4.74. The summed E-state index contributed by atoms with van der Waals surface area (Å²) in [6, 6.07) is 67.7. The van der Waals surface area contributed by atoms with E-state index >= 15 is 0 Å². The predicted octanol–water partition coefficient (Wildman–Crippen LogP) is 15.7. The Morgan fingerprint density at radius 3 is 1.91 bits per heavy atom. The minimum atomic E-state index is -0.150. The van der Waals surface area contributed by atoms with Gasteiger partial charge in [0, 0.05) is 38.4 Å².